The molecule has 1 amide bonds. The summed E-state index contributed by atoms with van der Waals surface area (Å²) in [6.45, 7) is 4.99. The predicted octanol–water partition coefficient (Wildman–Crippen LogP) is 1.89. The highest BCUT2D eigenvalue weighted by atomic mass is 16.5. The first-order valence-electron chi connectivity index (χ1n) is 10.3. The molecule has 1 heterocycles. The quantitative estimate of drug-likeness (QED) is 0.810. The maximum absolute atomic E-state index is 11.8. The number of aliphatic hydroxyl groups is 1. The van der Waals surface area contributed by atoms with Gasteiger partial charge in [-0.1, -0.05) is 36.4 Å². The number of hydrogen-bond donors (Lipinski definition) is 2. The molecule has 2 aromatic rings. The number of carbonyl (C=O) groups is 1. The summed E-state index contributed by atoms with van der Waals surface area (Å²) >= 11 is 0. The second kappa shape index (κ2) is 8.84. The second-order valence-corrected chi connectivity index (χ2v) is 7.85. The van der Waals surface area contributed by atoms with Crippen LogP contribution in [0.4, 0.5) is 5.69 Å². The molecule has 0 bridgehead atoms. The van der Waals surface area contributed by atoms with Gasteiger partial charge < -0.3 is 20.1 Å². The van der Waals surface area contributed by atoms with Crippen molar-refractivity contribution < 1.29 is 14.6 Å². The summed E-state index contributed by atoms with van der Waals surface area (Å²) < 4.78 is 6.07. The average Bonchev–Trinajstić information content (AvgIpc) is 3.03. The summed E-state index contributed by atoms with van der Waals surface area (Å²) in [4.78, 5) is 16.4. The molecule has 6 nitrogen and oxygen atoms in total. The highest BCUT2D eigenvalue weighted by Crippen LogP contribution is 2.30. The van der Waals surface area contributed by atoms with Crippen LogP contribution < -0.4 is 15.0 Å². The van der Waals surface area contributed by atoms with Crippen molar-refractivity contribution in [2.45, 2.75) is 37.6 Å². The molecule has 0 unspecified atom stereocenters. The number of carbonyl (C=O) groups excluding carboxylic acids is 1. The van der Waals surface area contributed by atoms with E-state index >= 15 is 0 Å². The lowest BCUT2D eigenvalue weighted by Crippen LogP contribution is -2.58. The number of rotatable bonds is 5. The van der Waals surface area contributed by atoms with Crippen molar-refractivity contribution in [1.29, 1.82) is 0 Å². The van der Waals surface area contributed by atoms with E-state index in [0.29, 0.717) is 6.42 Å². The van der Waals surface area contributed by atoms with Gasteiger partial charge in [-0.15, -0.1) is 0 Å². The van der Waals surface area contributed by atoms with Crippen molar-refractivity contribution in [2.75, 3.05) is 31.1 Å². The van der Waals surface area contributed by atoms with Gasteiger partial charge >= 0.3 is 0 Å². The summed E-state index contributed by atoms with van der Waals surface area (Å²) in [5, 5.41) is 14.1. The van der Waals surface area contributed by atoms with Gasteiger partial charge in [0.2, 0.25) is 5.91 Å². The number of aliphatic hydroxyl groups excluding tert-OH is 1. The van der Waals surface area contributed by atoms with Gasteiger partial charge in [0.25, 0.3) is 0 Å². The van der Waals surface area contributed by atoms with Crippen molar-refractivity contribution in [3.05, 3.63) is 60.7 Å². The van der Waals surface area contributed by atoms with Crippen LogP contribution in [0.1, 0.15) is 13.3 Å². The zero-order chi connectivity index (χ0) is 20.2. The van der Waals surface area contributed by atoms with Crippen LogP contribution in [0.25, 0.3) is 0 Å². The third-order valence-corrected chi connectivity index (χ3v) is 5.91. The van der Waals surface area contributed by atoms with Crippen molar-refractivity contribution >= 4 is 11.6 Å². The van der Waals surface area contributed by atoms with E-state index < -0.39 is 6.10 Å². The molecule has 2 aromatic carbocycles. The molecule has 0 spiro atoms. The lowest BCUT2D eigenvalue weighted by Gasteiger charge is -2.42. The van der Waals surface area contributed by atoms with Gasteiger partial charge in [0.05, 0.1) is 12.1 Å². The minimum Gasteiger partial charge on any atom is -0.488 e. The van der Waals surface area contributed by atoms with Crippen molar-refractivity contribution in [3.63, 3.8) is 0 Å². The van der Waals surface area contributed by atoms with Crippen LogP contribution in [0.2, 0.25) is 0 Å². The Kier molecular flexibility index (Phi) is 6.02. The summed E-state index contributed by atoms with van der Waals surface area (Å²) in [5.41, 5.74) is 1.22. The molecule has 154 valence electrons. The van der Waals surface area contributed by atoms with Crippen molar-refractivity contribution in [1.82, 2.24) is 10.2 Å². The van der Waals surface area contributed by atoms with Crippen LogP contribution in [0, 0.1) is 0 Å². The molecule has 4 rings (SSSR count). The standard InChI is InChI=1S/C23H29N3O3/c1-17(27)24-20-16-21(29-19-10-6-3-7-11-19)23(28)22(20)26-14-12-25(13-15-26)18-8-4-2-5-9-18/h2-11,20-23,28H,12-16H2,1H3,(H,24,27)/t20-,21-,22+,23+/m1/s1. The molecule has 0 aromatic heterocycles. The van der Waals surface area contributed by atoms with Crippen LogP contribution >= 0.6 is 0 Å². The third kappa shape index (κ3) is 4.54. The van der Waals surface area contributed by atoms with Gasteiger partial charge in [0, 0.05) is 45.2 Å². The largest absolute Gasteiger partial charge is 0.488 e. The fourth-order valence-electron chi connectivity index (χ4n) is 4.57. The number of nitrogens with zero attached hydrogens (tertiary/aromatic N) is 2. The third-order valence-electron chi connectivity index (χ3n) is 5.91. The van der Waals surface area contributed by atoms with Crippen LogP contribution in [0.15, 0.2) is 60.7 Å². The monoisotopic (exact) mass is 395 g/mol. The molecule has 1 saturated carbocycles. The Morgan fingerprint density at radius 3 is 2.24 bits per heavy atom. The minimum absolute atomic E-state index is 0.0736. The number of benzene rings is 2. The van der Waals surface area contributed by atoms with E-state index in [2.05, 4.69) is 39.4 Å². The fraction of sp³-hybridized carbons (Fsp3) is 0.435. The van der Waals surface area contributed by atoms with Crippen LogP contribution in [0.5, 0.6) is 5.75 Å². The lowest BCUT2D eigenvalue weighted by atomic mass is 10.1. The zero-order valence-electron chi connectivity index (χ0n) is 16.8. The Balaban J connectivity index is 1.44. The van der Waals surface area contributed by atoms with Crippen LogP contribution in [0.3, 0.4) is 0 Å². The van der Waals surface area contributed by atoms with E-state index in [1.54, 1.807) is 0 Å². The van der Waals surface area contributed by atoms with E-state index in [-0.39, 0.29) is 24.1 Å². The molecule has 2 aliphatic rings. The normalized spacial score (nSPS) is 27.6. The molecule has 1 aliphatic carbocycles. The molecule has 4 atom stereocenters. The first-order chi connectivity index (χ1) is 14.1. The first kappa shape index (κ1) is 19.7. The number of piperazine rings is 1. The molecular weight excluding hydrogens is 366 g/mol. The number of amides is 1. The molecular formula is C23H29N3O3. The van der Waals surface area contributed by atoms with Gasteiger partial charge in [-0.05, 0) is 24.3 Å². The molecule has 0 radical (unpaired) electrons. The van der Waals surface area contributed by atoms with Gasteiger partial charge in [-0.3, -0.25) is 9.69 Å². The highest BCUT2D eigenvalue weighted by Gasteiger charge is 2.47. The number of ether oxygens (including phenoxy) is 1. The van der Waals surface area contributed by atoms with Gasteiger partial charge in [-0.25, -0.2) is 0 Å². The zero-order valence-corrected chi connectivity index (χ0v) is 16.8. The summed E-state index contributed by atoms with van der Waals surface area (Å²) in [5.74, 6) is 0.670. The average molecular weight is 396 g/mol. The Labute approximate surface area is 172 Å². The lowest BCUT2D eigenvalue weighted by molar-refractivity contribution is -0.120. The van der Waals surface area contributed by atoms with E-state index in [0.717, 1.165) is 31.9 Å². The topological polar surface area (TPSA) is 65.0 Å². The highest BCUT2D eigenvalue weighted by molar-refractivity contribution is 5.73. The van der Waals surface area contributed by atoms with Crippen molar-refractivity contribution in [3.8, 4) is 5.75 Å². The van der Waals surface area contributed by atoms with Gasteiger partial charge in [0.1, 0.15) is 18.0 Å². The maximum atomic E-state index is 11.8. The van der Waals surface area contributed by atoms with Crippen molar-refractivity contribution in [2.24, 2.45) is 0 Å². The molecule has 2 N–H and O–H groups in total. The minimum atomic E-state index is -0.657. The molecule has 29 heavy (non-hydrogen) atoms. The molecule has 1 aliphatic heterocycles. The number of anilines is 1. The Bertz CT molecular complexity index is 794. The second-order valence-electron chi connectivity index (χ2n) is 7.85. The van der Waals surface area contributed by atoms with Crippen LogP contribution in [-0.2, 0) is 4.79 Å². The van der Waals surface area contributed by atoms with E-state index in [1.807, 2.05) is 36.4 Å². The molecule has 2 fully saturated rings. The summed E-state index contributed by atoms with van der Waals surface area (Å²) in [7, 11) is 0. The number of para-hydroxylation sites is 2. The SMILES string of the molecule is CC(=O)N[C@@H]1C[C@@H](Oc2ccccc2)[C@H](O)[C@H]1N1CCN(c2ccccc2)CC1. The fourth-order valence-corrected chi connectivity index (χ4v) is 4.57. The Morgan fingerprint density at radius 2 is 1.62 bits per heavy atom. The van der Waals surface area contributed by atoms with E-state index in [1.165, 1.54) is 12.6 Å². The number of hydrogen-bond acceptors (Lipinski definition) is 5. The van der Waals surface area contributed by atoms with E-state index in [4.69, 9.17) is 4.74 Å². The maximum Gasteiger partial charge on any atom is 0.217 e. The molecule has 1 saturated heterocycles. The predicted molar refractivity (Wildman–Crippen MR) is 113 cm³/mol. The van der Waals surface area contributed by atoms with E-state index in [9.17, 15) is 9.90 Å². The van der Waals surface area contributed by atoms with Gasteiger partial charge in [0.15, 0.2) is 0 Å². The summed E-state index contributed by atoms with van der Waals surface area (Å²) in [6, 6.07) is 19.7. The Hall–Kier alpha value is -2.57. The Morgan fingerprint density at radius 1 is 1.00 bits per heavy atom. The number of nitrogens with one attached hydrogen (secondary N) is 1. The smallest absolute Gasteiger partial charge is 0.217 e. The summed E-state index contributed by atoms with van der Waals surface area (Å²) in [6.07, 6.45) is -0.402. The van der Waals surface area contributed by atoms with Crippen LogP contribution in [-0.4, -0.2) is 66.4 Å². The molecule has 6 heteroatoms. The first-order valence-corrected chi connectivity index (χ1v) is 10.3. The van der Waals surface area contributed by atoms with Gasteiger partial charge in [-0.2, -0.15) is 0 Å².